The van der Waals surface area contributed by atoms with Gasteiger partial charge in [-0.05, 0) is 44.2 Å². The number of hydrazone groups is 1. The Morgan fingerprint density at radius 2 is 1.94 bits per heavy atom. The van der Waals surface area contributed by atoms with Crippen LogP contribution in [0.4, 0.5) is 17.1 Å². The van der Waals surface area contributed by atoms with Gasteiger partial charge >= 0.3 is 0 Å². The van der Waals surface area contributed by atoms with Crippen LogP contribution in [0.25, 0.3) is 0 Å². The summed E-state index contributed by atoms with van der Waals surface area (Å²) in [5.41, 5.74) is 3.67. The number of non-ortho nitro benzene ring substituents is 1. The van der Waals surface area contributed by atoms with Gasteiger partial charge in [0.15, 0.2) is 0 Å². The summed E-state index contributed by atoms with van der Waals surface area (Å²) in [4.78, 5) is 25.6. The Bertz CT molecular complexity index is 1210. The first-order valence-electron chi connectivity index (χ1n) is 11.3. The molecule has 1 saturated heterocycles. The molecule has 1 atom stereocenters. The number of sulfonamides is 1. The highest BCUT2D eigenvalue weighted by molar-refractivity contribution is 7.92. The second kappa shape index (κ2) is 11.8. The van der Waals surface area contributed by atoms with Gasteiger partial charge in [0.25, 0.3) is 11.6 Å². The van der Waals surface area contributed by atoms with Crippen molar-refractivity contribution in [2.75, 3.05) is 48.4 Å². The van der Waals surface area contributed by atoms with Gasteiger partial charge in [-0.1, -0.05) is 0 Å². The molecule has 0 spiro atoms. The third-order valence-electron chi connectivity index (χ3n) is 5.44. The topological polar surface area (TPSA) is 144 Å². The molecule has 0 aromatic heterocycles. The number of hydrogen-bond acceptors (Lipinski definition) is 9. The molecule has 1 heterocycles. The summed E-state index contributed by atoms with van der Waals surface area (Å²) in [6.45, 7) is 5.99. The molecule has 0 bridgehead atoms. The highest BCUT2D eigenvalue weighted by Crippen LogP contribution is 2.26. The number of hydrogen-bond donors (Lipinski definition) is 1. The van der Waals surface area contributed by atoms with Crippen molar-refractivity contribution in [1.82, 2.24) is 5.43 Å². The van der Waals surface area contributed by atoms with E-state index >= 15 is 0 Å². The highest BCUT2D eigenvalue weighted by Gasteiger charge is 2.29. The number of carbonyl (C=O) groups is 1. The number of benzene rings is 2. The first kappa shape index (κ1) is 26.9. The van der Waals surface area contributed by atoms with Gasteiger partial charge in [0.2, 0.25) is 10.0 Å². The zero-order valence-electron chi connectivity index (χ0n) is 20.3. The van der Waals surface area contributed by atoms with E-state index in [1.807, 2.05) is 11.8 Å². The van der Waals surface area contributed by atoms with Gasteiger partial charge in [0.1, 0.15) is 11.8 Å². The molecule has 1 amide bonds. The Labute approximate surface area is 209 Å². The lowest BCUT2D eigenvalue weighted by molar-refractivity contribution is -0.384. The van der Waals surface area contributed by atoms with Gasteiger partial charge < -0.3 is 14.4 Å². The number of nitro benzene ring substituents is 1. The molecule has 13 heteroatoms. The number of nitrogens with one attached hydrogen (secondary N) is 1. The number of ether oxygens (including phenoxy) is 2. The van der Waals surface area contributed by atoms with Crippen molar-refractivity contribution < 1.29 is 27.6 Å². The van der Waals surface area contributed by atoms with Crippen LogP contribution in [0, 0.1) is 10.1 Å². The molecule has 1 aliphatic rings. The maximum Gasteiger partial charge on any atom is 0.270 e. The van der Waals surface area contributed by atoms with Crippen molar-refractivity contribution in [3.63, 3.8) is 0 Å². The molecule has 2 aromatic carbocycles. The minimum atomic E-state index is -3.81. The number of morpholine rings is 1. The number of nitrogens with zero attached hydrogens (tertiary/aromatic N) is 4. The molecule has 2 aromatic rings. The van der Waals surface area contributed by atoms with Crippen molar-refractivity contribution in [2.24, 2.45) is 5.10 Å². The highest BCUT2D eigenvalue weighted by atomic mass is 32.2. The lowest BCUT2D eigenvalue weighted by atomic mass is 10.1. The number of amides is 1. The van der Waals surface area contributed by atoms with Gasteiger partial charge in [0, 0.05) is 36.5 Å². The van der Waals surface area contributed by atoms with E-state index < -0.39 is 26.9 Å². The maximum atomic E-state index is 12.8. The normalized spacial score (nSPS) is 14.9. The van der Waals surface area contributed by atoms with Gasteiger partial charge in [0.05, 0.1) is 42.9 Å². The van der Waals surface area contributed by atoms with E-state index in [9.17, 15) is 23.3 Å². The summed E-state index contributed by atoms with van der Waals surface area (Å²) in [6.07, 6.45) is 2.32. The van der Waals surface area contributed by atoms with E-state index in [2.05, 4.69) is 10.5 Å². The molecular weight excluding hydrogens is 490 g/mol. The van der Waals surface area contributed by atoms with E-state index in [1.165, 1.54) is 25.3 Å². The monoisotopic (exact) mass is 519 g/mol. The average Bonchev–Trinajstić information content (AvgIpc) is 2.85. The first-order chi connectivity index (χ1) is 17.1. The van der Waals surface area contributed by atoms with Gasteiger partial charge in [-0.3, -0.25) is 19.2 Å². The van der Waals surface area contributed by atoms with Crippen LogP contribution < -0.4 is 19.4 Å². The average molecular weight is 520 g/mol. The molecule has 36 heavy (non-hydrogen) atoms. The van der Waals surface area contributed by atoms with Crippen molar-refractivity contribution in [3.8, 4) is 5.75 Å². The van der Waals surface area contributed by atoms with Crippen molar-refractivity contribution in [3.05, 3.63) is 58.1 Å². The van der Waals surface area contributed by atoms with E-state index in [1.54, 1.807) is 30.3 Å². The lowest BCUT2D eigenvalue weighted by Gasteiger charge is -2.30. The Kier molecular flexibility index (Phi) is 8.83. The number of anilines is 2. The Morgan fingerprint density at radius 3 is 2.53 bits per heavy atom. The summed E-state index contributed by atoms with van der Waals surface area (Å²) in [5, 5.41) is 15.2. The molecule has 1 N–H and O–H groups in total. The second-order valence-electron chi connectivity index (χ2n) is 8.00. The van der Waals surface area contributed by atoms with E-state index in [0.717, 1.165) is 10.6 Å². The van der Waals surface area contributed by atoms with Crippen molar-refractivity contribution in [1.29, 1.82) is 0 Å². The fraction of sp³-hybridized carbons (Fsp3) is 0.391. The Morgan fingerprint density at radius 1 is 1.28 bits per heavy atom. The molecule has 0 saturated carbocycles. The zero-order valence-corrected chi connectivity index (χ0v) is 21.1. The molecule has 194 valence electrons. The predicted octanol–water partition coefficient (Wildman–Crippen LogP) is 2.13. The number of carbonyl (C=O) groups excluding carboxylic acids is 1. The minimum absolute atomic E-state index is 0.119. The van der Waals surface area contributed by atoms with Crippen LogP contribution in [0.5, 0.6) is 5.75 Å². The van der Waals surface area contributed by atoms with E-state index in [-0.39, 0.29) is 5.69 Å². The summed E-state index contributed by atoms with van der Waals surface area (Å²) < 4.78 is 36.7. The molecular formula is C23H29N5O7S. The standard InChI is InChI=1S/C23H29N5O7S/c1-4-35-21-8-5-19(6-9-21)27(36(3,32)33)17(2)23(29)25-24-16-18-15-20(28(30)31)7-10-22(18)26-11-13-34-14-12-26/h5-10,15-17H,4,11-14H2,1-3H3,(H,25,29)/b24-16-/t17-/m0/s1. The van der Waals surface area contributed by atoms with E-state index in [4.69, 9.17) is 9.47 Å². The summed E-state index contributed by atoms with van der Waals surface area (Å²) in [7, 11) is -3.81. The van der Waals surface area contributed by atoms with Crippen LogP contribution in [-0.2, 0) is 19.6 Å². The van der Waals surface area contributed by atoms with Crippen LogP contribution >= 0.6 is 0 Å². The smallest absolute Gasteiger partial charge is 0.270 e. The molecule has 1 aliphatic heterocycles. The molecule has 0 aliphatic carbocycles. The molecule has 1 fully saturated rings. The van der Waals surface area contributed by atoms with Crippen LogP contribution in [0.15, 0.2) is 47.6 Å². The number of nitro groups is 1. The second-order valence-corrected chi connectivity index (χ2v) is 9.86. The van der Waals surface area contributed by atoms with Crippen LogP contribution in [-0.4, -0.2) is 70.7 Å². The summed E-state index contributed by atoms with van der Waals surface area (Å²) in [6, 6.07) is 9.62. The molecule has 0 unspecified atom stereocenters. The fourth-order valence-corrected chi connectivity index (χ4v) is 4.95. The Balaban J connectivity index is 1.80. The largest absolute Gasteiger partial charge is 0.494 e. The summed E-state index contributed by atoms with van der Waals surface area (Å²) >= 11 is 0. The molecule has 0 radical (unpaired) electrons. The minimum Gasteiger partial charge on any atom is -0.494 e. The van der Waals surface area contributed by atoms with Crippen LogP contribution in [0.1, 0.15) is 19.4 Å². The van der Waals surface area contributed by atoms with Gasteiger partial charge in [-0.2, -0.15) is 5.10 Å². The third-order valence-corrected chi connectivity index (χ3v) is 6.68. The van der Waals surface area contributed by atoms with Crippen LogP contribution in [0.3, 0.4) is 0 Å². The van der Waals surface area contributed by atoms with Gasteiger partial charge in [-0.25, -0.2) is 13.8 Å². The molecule has 12 nitrogen and oxygen atoms in total. The maximum absolute atomic E-state index is 12.8. The zero-order chi connectivity index (χ0) is 26.3. The van der Waals surface area contributed by atoms with Crippen LogP contribution in [0.2, 0.25) is 0 Å². The fourth-order valence-electron chi connectivity index (χ4n) is 3.77. The Hall–Kier alpha value is -3.71. The third kappa shape index (κ3) is 6.70. The SMILES string of the molecule is CCOc1ccc(N([C@@H](C)C(=O)N/N=C\c2cc([N+](=O)[O-])ccc2N2CCOCC2)S(C)(=O)=O)cc1. The molecule has 3 rings (SSSR count). The quantitative estimate of drug-likeness (QED) is 0.286. The summed E-state index contributed by atoms with van der Waals surface area (Å²) in [5.74, 6) is -0.103. The van der Waals surface area contributed by atoms with E-state index in [0.29, 0.717) is 55.6 Å². The van der Waals surface area contributed by atoms with Crippen molar-refractivity contribution in [2.45, 2.75) is 19.9 Å². The lowest BCUT2D eigenvalue weighted by Crippen LogP contribution is -2.46. The van der Waals surface area contributed by atoms with Gasteiger partial charge in [-0.15, -0.1) is 0 Å². The predicted molar refractivity (Wildman–Crippen MR) is 136 cm³/mol. The van der Waals surface area contributed by atoms with Crippen molar-refractivity contribution >= 4 is 39.2 Å². The number of rotatable bonds is 10. The first-order valence-corrected chi connectivity index (χ1v) is 13.1.